The number of aromatic nitrogens is 1. The van der Waals surface area contributed by atoms with E-state index in [1.165, 1.54) is 38.5 Å². The Morgan fingerprint density at radius 2 is 1.66 bits per heavy atom. The lowest BCUT2D eigenvalue weighted by atomic mass is 9.98. The average Bonchev–Trinajstić information content (AvgIpc) is 3.17. The van der Waals surface area contributed by atoms with E-state index < -0.39 is 12.0 Å². The van der Waals surface area contributed by atoms with Crippen molar-refractivity contribution in [1.82, 2.24) is 14.8 Å². The predicted octanol–water partition coefficient (Wildman–Crippen LogP) is 9.09. The van der Waals surface area contributed by atoms with Crippen LogP contribution in [0, 0.1) is 18.3 Å². The fourth-order valence-electron chi connectivity index (χ4n) is 7.18. The number of rotatable bonds is 15. The van der Waals surface area contributed by atoms with Gasteiger partial charge in [0.15, 0.2) is 0 Å². The molecule has 1 atom stereocenters. The zero-order valence-electron chi connectivity index (χ0n) is 30.2. The Kier molecular flexibility index (Phi) is 13.5. The minimum Gasteiger partial charge on any atom is -0.493 e. The van der Waals surface area contributed by atoms with Crippen molar-refractivity contribution in [2.75, 3.05) is 32.8 Å². The topological polar surface area (TPSA) is 108 Å². The summed E-state index contributed by atoms with van der Waals surface area (Å²) in [6, 6.07) is 18.7. The molecule has 2 aliphatic rings. The monoisotopic (exact) mass is 756 g/mol. The minimum atomic E-state index is -0.839. The summed E-state index contributed by atoms with van der Waals surface area (Å²) in [5, 5.41) is 20.2. The molecule has 11 heteroatoms. The Bertz CT molecular complexity index is 1930. The molecule has 2 fully saturated rings. The molecular formula is C42H46Cl2N4O5. The first kappa shape index (κ1) is 38.4. The van der Waals surface area contributed by atoms with Gasteiger partial charge in [-0.1, -0.05) is 66.4 Å². The Morgan fingerprint density at radius 3 is 2.47 bits per heavy atom. The molecule has 0 saturated carbocycles. The number of pyridine rings is 1. The van der Waals surface area contributed by atoms with Crippen molar-refractivity contribution < 1.29 is 24.1 Å². The van der Waals surface area contributed by atoms with Gasteiger partial charge in [0.25, 0.3) is 0 Å². The van der Waals surface area contributed by atoms with Crippen molar-refractivity contribution in [3.8, 4) is 34.4 Å². The number of carbonyl (C=O) groups is 1. The van der Waals surface area contributed by atoms with Crippen LogP contribution in [-0.4, -0.2) is 64.7 Å². The number of ether oxygens (including phenoxy) is 3. The van der Waals surface area contributed by atoms with E-state index in [1.54, 1.807) is 24.4 Å². The second kappa shape index (κ2) is 18.6. The molecule has 6 rings (SSSR count). The quantitative estimate of drug-likeness (QED) is 0.119. The van der Waals surface area contributed by atoms with Crippen molar-refractivity contribution in [2.45, 2.75) is 77.7 Å². The smallest absolute Gasteiger partial charge is 0.320 e. The number of hydrogen-bond donors (Lipinski definition) is 1. The zero-order valence-corrected chi connectivity index (χ0v) is 31.7. The van der Waals surface area contributed by atoms with E-state index in [0.29, 0.717) is 53.2 Å². The summed E-state index contributed by atoms with van der Waals surface area (Å²) < 4.78 is 18.9. The second-order valence-electron chi connectivity index (χ2n) is 13.8. The molecule has 0 amide bonds. The molecule has 1 aromatic heterocycles. The van der Waals surface area contributed by atoms with Crippen LogP contribution in [0.5, 0.6) is 17.2 Å². The SMILES string of the molecule is Cc1c(OCCCN2CCCCC2)cccc1-c1cccc(COc2cc(OCc3cncc(C#N)c3)c(CN3CCCC[C@H]3C(=O)O)cc2Cl)c1Cl. The molecule has 9 nitrogen and oxygen atoms in total. The van der Waals surface area contributed by atoms with E-state index in [2.05, 4.69) is 28.9 Å². The summed E-state index contributed by atoms with van der Waals surface area (Å²) in [7, 11) is 0. The average molecular weight is 758 g/mol. The fourth-order valence-corrected chi connectivity index (χ4v) is 7.71. The van der Waals surface area contributed by atoms with Crippen LogP contribution in [0.3, 0.4) is 0 Å². The van der Waals surface area contributed by atoms with Crippen LogP contribution >= 0.6 is 23.2 Å². The lowest BCUT2D eigenvalue weighted by molar-refractivity contribution is -0.144. The van der Waals surface area contributed by atoms with Crippen molar-refractivity contribution in [3.63, 3.8) is 0 Å². The summed E-state index contributed by atoms with van der Waals surface area (Å²) in [5.74, 6) is 0.923. The Morgan fingerprint density at radius 1 is 0.887 bits per heavy atom. The third-order valence-electron chi connectivity index (χ3n) is 10.1. The van der Waals surface area contributed by atoms with Crippen LogP contribution in [0.2, 0.25) is 10.0 Å². The van der Waals surface area contributed by atoms with Crippen LogP contribution in [0.25, 0.3) is 11.1 Å². The molecule has 2 aliphatic heterocycles. The van der Waals surface area contributed by atoms with E-state index in [9.17, 15) is 15.2 Å². The third kappa shape index (κ3) is 10.0. The molecule has 0 radical (unpaired) electrons. The first-order chi connectivity index (χ1) is 25.8. The number of halogens is 2. The Hall–Kier alpha value is -4.33. The highest BCUT2D eigenvalue weighted by molar-refractivity contribution is 6.34. The molecule has 3 aromatic carbocycles. The van der Waals surface area contributed by atoms with Gasteiger partial charge in [0.05, 0.1) is 22.2 Å². The highest BCUT2D eigenvalue weighted by atomic mass is 35.5. The Balaban J connectivity index is 1.18. The highest BCUT2D eigenvalue weighted by Gasteiger charge is 2.29. The van der Waals surface area contributed by atoms with Gasteiger partial charge in [-0.2, -0.15) is 5.26 Å². The number of benzene rings is 3. The minimum absolute atomic E-state index is 0.146. The fraction of sp³-hybridized carbons (Fsp3) is 0.405. The number of hydrogen-bond acceptors (Lipinski definition) is 8. The molecule has 0 aliphatic carbocycles. The third-order valence-corrected chi connectivity index (χ3v) is 10.8. The van der Waals surface area contributed by atoms with E-state index >= 15 is 0 Å². The molecule has 0 unspecified atom stereocenters. The van der Waals surface area contributed by atoms with Crippen molar-refractivity contribution in [2.24, 2.45) is 0 Å². The first-order valence-electron chi connectivity index (χ1n) is 18.4. The van der Waals surface area contributed by atoms with Crippen LogP contribution in [0.1, 0.15) is 72.8 Å². The zero-order chi connectivity index (χ0) is 37.2. The number of likely N-dealkylation sites (tertiary alicyclic amines) is 2. The Labute approximate surface area is 322 Å². The number of aliphatic carboxylic acids is 1. The predicted molar refractivity (Wildman–Crippen MR) is 207 cm³/mol. The standard InChI is InChI=1S/C42H46Cl2N4O5/c1-29-34(11-8-14-38(29)51-19-9-17-47-15-4-2-5-16-47)35-12-7-10-32(41(35)44)28-53-40-22-39(52-27-31-20-30(23-45)24-46-25-31)33(21-36(40)43)26-48-18-6-3-13-37(48)42(49)50/h7-8,10-12,14,20-22,24-25,37H,2-6,9,13,15-19,26-28H2,1H3,(H,49,50)/t37-/m0/s1. The summed E-state index contributed by atoms with van der Waals surface area (Å²) in [4.78, 5) is 20.7. The molecule has 53 heavy (non-hydrogen) atoms. The number of carboxylic acids is 1. The van der Waals surface area contributed by atoms with Crippen LogP contribution in [0.4, 0.5) is 0 Å². The van der Waals surface area contributed by atoms with E-state index in [0.717, 1.165) is 64.9 Å². The normalized spacial score (nSPS) is 16.5. The summed E-state index contributed by atoms with van der Waals surface area (Å²) in [6.07, 6.45) is 10.4. The van der Waals surface area contributed by atoms with E-state index in [-0.39, 0.29) is 13.2 Å². The van der Waals surface area contributed by atoms with E-state index in [4.69, 9.17) is 37.4 Å². The molecule has 3 heterocycles. The van der Waals surface area contributed by atoms with Gasteiger partial charge < -0.3 is 24.2 Å². The highest BCUT2D eigenvalue weighted by Crippen LogP contribution is 2.39. The van der Waals surface area contributed by atoms with Crippen LogP contribution in [0.15, 0.2) is 67.0 Å². The maximum absolute atomic E-state index is 12.1. The lowest BCUT2D eigenvalue weighted by Gasteiger charge is -2.33. The van der Waals surface area contributed by atoms with Gasteiger partial charge in [0.2, 0.25) is 0 Å². The van der Waals surface area contributed by atoms with E-state index in [1.807, 2.05) is 35.2 Å². The largest absolute Gasteiger partial charge is 0.493 e. The molecular weight excluding hydrogens is 711 g/mol. The molecule has 4 aromatic rings. The number of nitrogens with zero attached hydrogens (tertiary/aromatic N) is 4. The van der Waals surface area contributed by atoms with Gasteiger partial charge in [0, 0.05) is 53.8 Å². The summed E-state index contributed by atoms with van der Waals surface area (Å²) in [6.45, 7) is 7.45. The molecule has 0 bridgehead atoms. The van der Waals surface area contributed by atoms with Crippen molar-refractivity contribution >= 4 is 29.2 Å². The molecule has 1 N–H and O–H groups in total. The van der Waals surface area contributed by atoms with Gasteiger partial charge >= 0.3 is 5.97 Å². The number of piperidine rings is 2. The van der Waals surface area contributed by atoms with Gasteiger partial charge in [-0.25, -0.2) is 0 Å². The second-order valence-corrected chi connectivity index (χ2v) is 14.6. The molecule has 2 saturated heterocycles. The summed E-state index contributed by atoms with van der Waals surface area (Å²) >= 11 is 13.9. The van der Waals surface area contributed by atoms with Gasteiger partial charge in [0.1, 0.15) is 42.6 Å². The lowest BCUT2D eigenvalue weighted by Crippen LogP contribution is -2.44. The summed E-state index contributed by atoms with van der Waals surface area (Å²) in [5.41, 5.74) is 5.59. The maximum atomic E-state index is 12.1. The number of carboxylic acid groups (broad SMARTS) is 1. The maximum Gasteiger partial charge on any atom is 0.320 e. The molecule has 278 valence electrons. The van der Waals surface area contributed by atoms with Gasteiger partial charge in [-0.15, -0.1) is 0 Å². The van der Waals surface area contributed by atoms with Gasteiger partial charge in [-0.05, 0) is 88.0 Å². The van der Waals surface area contributed by atoms with Crippen molar-refractivity contribution in [3.05, 3.63) is 105 Å². The van der Waals surface area contributed by atoms with Crippen LogP contribution < -0.4 is 14.2 Å². The first-order valence-corrected chi connectivity index (χ1v) is 19.2. The van der Waals surface area contributed by atoms with Gasteiger partial charge in [-0.3, -0.25) is 14.7 Å². The molecule has 0 spiro atoms. The van der Waals surface area contributed by atoms with Crippen LogP contribution in [-0.2, 0) is 24.6 Å². The van der Waals surface area contributed by atoms with Crippen molar-refractivity contribution in [1.29, 1.82) is 5.26 Å². The number of nitriles is 1.